The van der Waals surface area contributed by atoms with E-state index >= 15 is 0 Å². The van der Waals surface area contributed by atoms with Crippen LogP contribution in [0.1, 0.15) is 72.1 Å². The van der Waals surface area contributed by atoms with Crippen LogP contribution in [0.2, 0.25) is 0 Å². The number of rotatable bonds is 9. The second kappa shape index (κ2) is 7.34. The Morgan fingerprint density at radius 3 is 1.75 bits per heavy atom. The molecule has 0 aromatic heterocycles. The minimum atomic E-state index is -1.50. The van der Waals surface area contributed by atoms with Gasteiger partial charge < -0.3 is 10.2 Å². The molecule has 2 N–H and O–H groups in total. The summed E-state index contributed by atoms with van der Waals surface area (Å²) in [4.78, 5) is 0. The molecule has 0 rings (SSSR count). The quantitative estimate of drug-likeness (QED) is 0.468. The Morgan fingerprint density at radius 2 is 1.31 bits per heavy atom. The van der Waals surface area contributed by atoms with Crippen molar-refractivity contribution in [2.45, 2.75) is 83.2 Å². The van der Waals surface area contributed by atoms with Gasteiger partial charge in [-0.25, -0.2) is 0 Å². The Kier molecular flexibility index (Phi) is 7.33. The van der Waals surface area contributed by atoms with E-state index in [2.05, 4.69) is 6.92 Å². The zero-order valence-electron chi connectivity index (χ0n) is 11.1. The molecule has 0 aromatic rings. The van der Waals surface area contributed by atoms with E-state index < -0.39 is 11.1 Å². The first-order valence-corrected chi connectivity index (χ1v) is 6.55. The van der Waals surface area contributed by atoms with Crippen LogP contribution in [0.5, 0.6) is 0 Å². The SMILES string of the molecule is [B]C(C)(O)C(C)(O)CCCCCCCCC. The highest BCUT2D eigenvalue weighted by molar-refractivity contribution is 6.14. The zero-order chi connectivity index (χ0) is 12.7. The average Bonchev–Trinajstić information content (AvgIpc) is 2.14. The summed E-state index contributed by atoms with van der Waals surface area (Å²) in [7, 11) is 5.50. The highest BCUT2D eigenvalue weighted by Gasteiger charge is 2.35. The van der Waals surface area contributed by atoms with E-state index in [0.717, 1.165) is 12.8 Å². The Balaban J connectivity index is 3.51. The first-order chi connectivity index (χ1) is 7.31. The van der Waals surface area contributed by atoms with Crippen LogP contribution in [0.3, 0.4) is 0 Å². The molecule has 0 aliphatic rings. The molecular weight excluding hydrogens is 199 g/mol. The molecule has 0 aromatic carbocycles. The Labute approximate surface area is 102 Å². The van der Waals surface area contributed by atoms with Gasteiger partial charge in [0, 0.05) is 5.50 Å². The maximum atomic E-state index is 9.92. The van der Waals surface area contributed by atoms with Crippen molar-refractivity contribution < 1.29 is 10.2 Å². The van der Waals surface area contributed by atoms with Crippen molar-refractivity contribution in [3.8, 4) is 0 Å². The van der Waals surface area contributed by atoms with Crippen molar-refractivity contribution in [3.05, 3.63) is 0 Å². The summed E-state index contributed by atoms with van der Waals surface area (Å²) in [5, 5.41) is 19.5. The van der Waals surface area contributed by atoms with E-state index in [1.807, 2.05) is 0 Å². The summed E-state index contributed by atoms with van der Waals surface area (Å²) in [5.41, 5.74) is -2.69. The molecule has 0 fully saturated rings. The first kappa shape index (κ1) is 16.0. The molecule has 2 nitrogen and oxygen atoms in total. The van der Waals surface area contributed by atoms with Crippen LogP contribution < -0.4 is 0 Å². The smallest absolute Gasteiger partial charge is 0.116 e. The third-order valence-corrected chi connectivity index (χ3v) is 3.36. The molecule has 0 saturated heterocycles. The van der Waals surface area contributed by atoms with Gasteiger partial charge in [-0.15, -0.1) is 0 Å². The third-order valence-electron chi connectivity index (χ3n) is 3.36. The van der Waals surface area contributed by atoms with E-state index in [1.54, 1.807) is 6.92 Å². The summed E-state index contributed by atoms with van der Waals surface area (Å²) in [6, 6.07) is 0. The minimum absolute atomic E-state index is 0.560. The second-order valence-electron chi connectivity index (χ2n) is 5.29. The Hall–Kier alpha value is -0.0151. The lowest BCUT2D eigenvalue weighted by molar-refractivity contribution is -0.0857. The van der Waals surface area contributed by atoms with E-state index in [9.17, 15) is 10.2 Å². The average molecular weight is 226 g/mol. The van der Waals surface area contributed by atoms with Gasteiger partial charge in [-0.3, -0.25) is 0 Å². The number of hydrogen-bond acceptors (Lipinski definition) is 2. The van der Waals surface area contributed by atoms with E-state index in [-0.39, 0.29) is 0 Å². The standard InChI is InChI=1S/C13H27BO2/c1-4-5-6-7-8-9-10-11-12(2,15)13(3,14)16/h15-16H,4-11H2,1-3H3. The van der Waals surface area contributed by atoms with Gasteiger partial charge in [0.2, 0.25) is 0 Å². The lowest BCUT2D eigenvalue weighted by atomic mass is 9.68. The maximum absolute atomic E-state index is 9.92. The van der Waals surface area contributed by atoms with Crippen LogP contribution in [-0.4, -0.2) is 29.2 Å². The van der Waals surface area contributed by atoms with Gasteiger partial charge in [0.25, 0.3) is 0 Å². The lowest BCUT2D eigenvalue weighted by Gasteiger charge is -2.36. The molecule has 0 spiro atoms. The molecule has 0 saturated carbocycles. The zero-order valence-corrected chi connectivity index (χ0v) is 11.1. The van der Waals surface area contributed by atoms with Gasteiger partial charge in [0.1, 0.15) is 7.85 Å². The van der Waals surface area contributed by atoms with Crippen LogP contribution in [0.25, 0.3) is 0 Å². The van der Waals surface area contributed by atoms with Gasteiger partial charge >= 0.3 is 0 Å². The van der Waals surface area contributed by atoms with Crippen LogP contribution in [0.4, 0.5) is 0 Å². The molecule has 16 heavy (non-hydrogen) atoms. The molecular formula is C13H27BO2. The van der Waals surface area contributed by atoms with Crippen molar-refractivity contribution in [3.63, 3.8) is 0 Å². The highest BCUT2D eigenvalue weighted by Crippen LogP contribution is 2.25. The molecule has 2 unspecified atom stereocenters. The van der Waals surface area contributed by atoms with Gasteiger partial charge in [-0.05, 0) is 20.3 Å². The van der Waals surface area contributed by atoms with Crippen molar-refractivity contribution in [1.29, 1.82) is 0 Å². The Bertz CT molecular complexity index is 173. The summed E-state index contributed by atoms with van der Waals surface area (Å²) in [6.07, 6.45) is 8.96. The first-order valence-electron chi connectivity index (χ1n) is 6.55. The number of hydrogen-bond donors (Lipinski definition) is 2. The summed E-state index contributed by atoms with van der Waals surface area (Å²) < 4.78 is 0. The Morgan fingerprint density at radius 1 is 0.875 bits per heavy atom. The van der Waals surface area contributed by atoms with Gasteiger partial charge in [-0.2, -0.15) is 0 Å². The molecule has 3 heteroatoms. The topological polar surface area (TPSA) is 40.5 Å². The van der Waals surface area contributed by atoms with Crippen LogP contribution >= 0.6 is 0 Å². The largest absolute Gasteiger partial charge is 0.397 e. The van der Waals surface area contributed by atoms with Crippen molar-refractivity contribution >= 4 is 7.85 Å². The molecule has 0 bridgehead atoms. The fourth-order valence-corrected chi connectivity index (χ4v) is 1.68. The summed E-state index contributed by atoms with van der Waals surface area (Å²) >= 11 is 0. The molecule has 0 amide bonds. The van der Waals surface area contributed by atoms with E-state index in [1.165, 1.54) is 39.0 Å². The normalized spacial score (nSPS) is 19.1. The number of unbranched alkanes of at least 4 members (excludes halogenated alkanes) is 6. The molecule has 94 valence electrons. The van der Waals surface area contributed by atoms with Gasteiger partial charge in [-0.1, -0.05) is 51.9 Å². The minimum Gasteiger partial charge on any atom is -0.397 e. The molecule has 0 heterocycles. The van der Waals surface area contributed by atoms with Crippen LogP contribution in [0.15, 0.2) is 0 Å². The lowest BCUT2D eigenvalue weighted by Crippen LogP contribution is -2.50. The predicted octanol–water partition coefficient (Wildman–Crippen LogP) is 2.76. The van der Waals surface area contributed by atoms with E-state index in [4.69, 9.17) is 7.85 Å². The summed E-state index contributed by atoms with van der Waals surface area (Å²) in [5.74, 6) is 0. The van der Waals surface area contributed by atoms with Gasteiger partial charge in [0.05, 0.1) is 5.60 Å². The van der Waals surface area contributed by atoms with Crippen molar-refractivity contribution in [1.82, 2.24) is 0 Å². The molecule has 0 aliphatic carbocycles. The van der Waals surface area contributed by atoms with Gasteiger partial charge in [0.15, 0.2) is 0 Å². The molecule has 2 atom stereocenters. The second-order valence-corrected chi connectivity index (χ2v) is 5.29. The van der Waals surface area contributed by atoms with Crippen LogP contribution in [0, 0.1) is 0 Å². The monoisotopic (exact) mass is 226 g/mol. The van der Waals surface area contributed by atoms with E-state index in [0.29, 0.717) is 6.42 Å². The maximum Gasteiger partial charge on any atom is 0.116 e. The molecule has 0 aliphatic heterocycles. The summed E-state index contributed by atoms with van der Waals surface area (Å²) in [6.45, 7) is 5.26. The third kappa shape index (κ3) is 6.54. The predicted molar refractivity (Wildman–Crippen MR) is 69.6 cm³/mol. The fourth-order valence-electron chi connectivity index (χ4n) is 1.68. The molecule has 2 radical (unpaired) electrons. The van der Waals surface area contributed by atoms with Crippen molar-refractivity contribution in [2.75, 3.05) is 0 Å². The van der Waals surface area contributed by atoms with Crippen LogP contribution in [-0.2, 0) is 0 Å². The highest BCUT2D eigenvalue weighted by atomic mass is 16.3. The fraction of sp³-hybridized carbons (Fsp3) is 1.00. The number of aliphatic hydroxyl groups is 2. The van der Waals surface area contributed by atoms with Crippen molar-refractivity contribution in [2.24, 2.45) is 0 Å².